The summed E-state index contributed by atoms with van der Waals surface area (Å²) in [6.45, 7) is 3.15. The average molecular weight is 555 g/mol. The molecule has 5 unspecified atom stereocenters. The maximum Gasteiger partial charge on any atom is 0.326 e. The van der Waals surface area contributed by atoms with Gasteiger partial charge in [-0.05, 0) is 65.1 Å². The third kappa shape index (κ3) is 3.82. The standard InChI is InChI=1S/C32H31ClN4O3/c1-18-12-20(6-9-23(18)19-4-7-22(8-5-19)37-11-3-10-34-37)24-14-25-28(15-27(24)33)35-31(40)32(25)16-26(32)21-13-29(30(38)39)36(2)17-21/h4-10,12,14-15,17-18,23,26,29H,3,11,13,16H2,1-2H3,(H,35,40)(H,38,39). The highest BCUT2D eigenvalue weighted by molar-refractivity contribution is 6.33. The van der Waals surface area contributed by atoms with E-state index in [4.69, 9.17) is 11.6 Å². The number of benzene rings is 2. The van der Waals surface area contributed by atoms with Crippen LogP contribution in [0.5, 0.6) is 0 Å². The van der Waals surface area contributed by atoms with E-state index in [0.29, 0.717) is 17.9 Å². The van der Waals surface area contributed by atoms with Crippen molar-refractivity contribution in [1.82, 2.24) is 4.90 Å². The number of allylic oxidation sites excluding steroid dienone is 4. The highest BCUT2D eigenvalue weighted by Gasteiger charge is 2.66. The Morgan fingerprint density at radius 2 is 2.02 bits per heavy atom. The minimum absolute atomic E-state index is 0.00276. The first-order valence-corrected chi connectivity index (χ1v) is 14.2. The Bertz CT molecular complexity index is 1560. The van der Waals surface area contributed by atoms with Crippen molar-refractivity contribution in [2.45, 2.75) is 43.6 Å². The Hall–Kier alpha value is -3.84. The van der Waals surface area contributed by atoms with E-state index < -0.39 is 17.4 Å². The van der Waals surface area contributed by atoms with Crippen LogP contribution in [0.1, 0.15) is 48.8 Å². The third-order valence-electron chi connectivity index (χ3n) is 9.29. The summed E-state index contributed by atoms with van der Waals surface area (Å²) in [7, 11) is 1.79. The van der Waals surface area contributed by atoms with E-state index in [-0.39, 0.29) is 23.7 Å². The van der Waals surface area contributed by atoms with Crippen LogP contribution < -0.4 is 10.3 Å². The van der Waals surface area contributed by atoms with Crippen molar-refractivity contribution in [2.24, 2.45) is 16.9 Å². The Balaban J connectivity index is 1.14. The molecule has 5 atom stereocenters. The second-order valence-corrected chi connectivity index (χ2v) is 12.1. The van der Waals surface area contributed by atoms with E-state index in [1.165, 1.54) is 5.56 Å². The molecule has 7 rings (SSSR count). The highest BCUT2D eigenvalue weighted by atomic mass is 35.5. The Morgan fingerprint density at radius 1 is 1.23 bits per heavy atom. The van der Waals surface area contributed by atoms with Crippen molar-refractivity contribution in [1.29, 1.82) is 0 Å². The zero-order chi connectivity index (χ0) is 27.8. The minimum atomic E-state index is -0.839. The molecule has 0 bridgehead atoms. The van der Waals surface area contributed by atoms with E-state index in [1.54, 1.807) is 11.9 Å². The zero-order valence-corrected chi connectivity index (χ0v) is 23.2. The van der Waals surface area contributed by atoms with Gasteiger partial charge in [-0.15, -0.1) is 0 Å². The zero-order valence-electron chi connectivity index (χ0n) is 22.5. The van der Waals surface area contributed by atoms with Crippen molar-refractivity contribution in [3.63, 3.8) is 0 Å². The number of likely N-dealkylation sites (N-methyl/N-ethyl adjacent to an activating group) is 1. The van der Waals surface area contributed by atoms with Gasteiger partial charge < -0.3 is 15.3 Å². The molecule has 7 nitrogen and oxygen atoms in total. The molecule has 3 heterocycles. The van der Waals surface area contributed by atoms with Gasteiger partial charge in [0.25, 0.3) is 0 Å². The summed E-state index contributed by atoms with van der Waals surface area (Å²) < 4.78 is 0. The number of carbonyl (C=O) groups is 2. The van der Waals surface area contributed by atoms with Gasteiger partial charge in [0.05, 0.1) is 16.1 Å². The number of hydrogen-bond donors (Lipinski definition) is 2. The first kappa shape index (κ1) is 25.1. The number of hydrogen-bond acceptors (Lipinski definition) is 5. The number of carbonyl (C=O) groups excluding carboxylic acids is 1. The van der Waals surface area contributed by atoms with Gasteiger partial charge in [0.2, 0.25) is 5.91 Å². The molecule has 2 aliphatic carbocycles. The topological polar surface area (TPSA) is 85.2 Å². The minimum Gasteiger partial charge on any atom is -0.480 e. The lowest BCUT2D eigenvalue weighted by molar-refractivity contribution is -0.141. The fraction of sp³-hybridized carbons (Fsp3) is 0.344. The molecule has 5 aliphatic rings. The molecule has 1 fully saturated rings. The average Bonchev–Trinajstić information content (AvgIpc) is 3.19. The molecular formula is C32H31ClN4O3. The molecule has 0 aromatic heterocycles. The number of nitrogens with zero attached hydrogens (tertiary/aromatic N) is 3. The largest absolute Gasteiger partial charge is 0.480 e. The molecule has 1 spiro atoms. The molecule has 8 heteroatoms. The maximum atomic E-state index is 13.3. The van der Waals surface area contributed by atoms with E-state index >= 15 is 0 Å². The molecule has 2 N–H and O–H groups in total. The quantitative estimate of drug-likeness (QED) is 0.488. The Labute approximate surface area is 238 Å². The molecule has 204 valence electrons. The van der Waals surface area contributed by atoms with Crippen molar-refractivity contribution >= 4 is 46.6 Å². The Morgan fingerprint density at radius 3 is 2.70 bits per heavy atom. The van der Waals surface area contributed by atoms with Crippen LogP contribution in [0, 0.1) is 11.8 Å². The van der Waals surface area contributed by atoms with Crippen LogP contribution in [0.15, 0.2) is 71.5 Å². The van der Waals surface area contributed by atoms with Gasteiger partial charge in [0, 0.05) is 55.7 Å². The molecule has 40 heavy (non-hydrogen) atoms. The SMILES string of the molecule is CC1C=C(c2cc3c(cc2Cl)NC(=O)C32CC2C2=CN(C)C(C(=O)O)C2)C=CC1c1ccc(N2CCC=N2)cc1. The molecule has 1 amide bonds. The second-order valence-electron chi connectivity index (χ2n) is 11.7. The van der Waals surface area contributed by atoms with E-state index in [1.807, 2.05) is 23.5 Å². The number of carboxylic acids is 1. The molecule has 1 saturated carbocycles. The van der Waals surface area contributed by atoms with Crippen molar-refractivity contribution in [3.05, 3.63) is 88.1 Å². The first-order valence-electron chi connectivity index (χ1n) is 13.9. The first-order chi connectivity index (χ1) is 19.3. The van der Waals surface area contributed by atoms with Crippen LogP contribution in [0.2, 0.25) is 5.02 Å². The number of aliphatic carboxylic acids is 1. The number of halogens is 1. The molecule has 3 aliphatic heterocycles. The Kier molecular flexibility index (Phi) is 5.72. The fourth-order valence-corrected chi connectivity index (χ4v) is 7.30. The van der Waals surface area contributed by atoms with Crippen LogP contribution in [0.25, 0.3) is 5.57 Å². The normalized spacial score (nSPS) is 30.0. The van der Waals surface area contributed by atoms with Crippen molar-refractivity contribution in [2.75, 3.05) is 23.9 Å². The van der Waals surface area contributed by atoms with Crippen LogP contribution in [0.4, 0.5) is 11.4 Å². The lowest BCUT2D eigenvalue weighted by atomic mass is 9.80. The monoisotopic (exact) mass is 554 g/mol. The van der Waals surface area contributed by atoms with Crippen molar-refractivity contribution < 1.29 is 14.7 Å². The number of amides is 1. The smallest absolute Gasteiger partial charge is 0.326 e. The number of nitrogens with one attached hydrogen (secondary N) is 1. The van der Waals surface area contributed by atoms with Gasteiger partial charge >= 0.3 is 5.97 Å². The van der Waals surface area contributed by atoms with Gasteiger partial charge in [-0.3, -0.25) is 9.80 Å². The summed E-state index contributed by atoms with van der Waals surface area (Å²) in [5.41, 5.74) is 6.46. The summed E-state index contributed by atoms with van der Waals surface area (Å²) in [5.74, 6) is -0.344. The molecular weight excluding hydrogens is 524 g/mol. The van der Waals surface area contributed by atoms with Gasteiger partial charge in [0.1, 0.15) is 6.04 Å². The lowest BCUT2D eigenvalue weighted by Crippen LogP contribution is -2.31. The van der Waals surface area contributed by atoms with Gasteiger partial charge in [-0.1, -0.05) is 48.9 Å². The number of carboxylic acid groups (broad SMARTS) is 1. The molecule has 0 saturated heterocycles. The summed E-state index contributed by atoms with van der Waals surface area (Å²) in [5, 5.41) is 19.7. The summed E-state index contributed by atoms with van der Waals surface area (Å²) >= 11 is 6.79. The predicted molar refractivity (Wildman–Crippen MR) is 158 cm³/mol. The number of fused-ring (bicyclic) bond motifs is 2. The lowest BCUT2D eigenvalue weighted by Gasteiger charge is -2.25. The molecule has 0 radical (unpaired) electrons. The van der Waals surface area contributed by atoms with E-state index in [0.717, 1.165) is 46.6 Å². The van der Waals surface area contributed by atoms with Crippen LogP contribution in [-0.2, 0) is 15.0 Å². The summed E-state index contributed by atoms with van der Waals surface area (Å²) in [6.07, 6.45) is 12.6. The number of hydrazone groups is 1. The van der Waals surface area contributed by atoms with Gasteiger partial charge in [0.15, 0.2) is 0 Å². The van der Waals surface area contributed by atoms with Crippen molar-refractivity contribution in [3.8, 4) is 0 Å². The number of anilines is 2. The van der Waals surface area contributed by atoms with Crippen LogP contribution in [0.3, 0.4) is 0 Å². The molecule has 2 aromatic rings. The van der Waals surface area contributed by atoms with Crippen LogP contribution in [-0.4, -0.2) is 47.7 Å². The number of rotatable bonds is 5. The predicted octanol–water partition coefficient (Wildman–Crippen LogP) is 5.79. The van der Waals surface area contributed by atoms with Gasteiger partial charge in [-0.2, -0.15) is 5.10 Å². The van der Waals surface area contributed by atoms with E-state index in [2.05, 4.69) is 65.9 Å². The molecule has 2 aromatic carbocycles. The van der Waals surface area contributed by atoms with Gasteiger partial charge in [-0.25, -0.2) is 4.79 Å². The third-order valence-corrected chi connectivity index (χ3v) is 9.61. The van der Waals surface area contributed by atoms with E-state index in [9.17, 15) is 14.7 Å². The summed E-state index contributed by atoms with van der Waals surface area (Å²) in [4.78, 5) is 26.7. The van der Waals surface area contributed by atoms with Crippen LogP contribution >= 0.6 is 11.6 Å². The fourth-order valence-electron chi connectivity index (χ4n) is 7.03. The maximum absolute atomic E-state index is 13.3. The summed E-state index contributed by atoms with van der Waals surface area (Å²) in [6, 6.07) is 12.0. The highest BCUT2D eigenvalue weighted by Crippen LogP contribution is 2.64. The second kappa shape index (κ2) is 9.10.